The smallest absolute Gasteiger partial charge is 0.271 e. The minimum atomic E-state index is -0.407. The average molecular weight is 387 g/mol. The van der Waals surface area contributed by atoms with Gasteiger partial charge in [-0.25, -0.2) is 4.98 Å². The number of hydrogen-bond acceptors (Lipinski definition) is 7. The first-order valence-corrected chi connectivity index (χ1v) is 8.53. The molecule has 1 aliphatic heterocycles. The Labute approximate surface area is 159 Å². The fourth-order valence-corrected chi connectivity index (χ4v) is 3.49. The molecule has 0 saturated heterocycles. The van der Waals surface area contributed by atoms with E-state index in [4.69, 9.17) is 21.1 Å². The van der Waals surface area contributed by atoms with Crippen molar-refractivity contribution in [3.05, 3.63) is 51.3 Å². The molecule has 138 valence electrons. The molecule has 9 heteroatoms. The summed E-state index contributed by atoms with van der Waals surface area (Å²) in [5.41, 5.74) is 2.39. The average Bonchev–Trinajstić information content (AvgIpc) is 3.09. The molecule has 0 atom stereocenters. The van der Waals surface area contributed by atoms with Gasteiger partial charge in [0.15, 0.2) is 11.5 Å². The van der Waals surface area contributed by atoms with Crippen molar-refractivity contribution in [2.45, 2.75) is 6.42 Å². The predicted molar refractivity (Wildman–Crippen MR) is 101 cm³/mol. The molecule has 0 saturated carbocycles. The molecular weight excluding hydrogens is 372 g/mol. The van der Waals surface area contributed by atoms with Crippen molar-refractivity contribution in [3.8, 4) is 11.5 Å². The number of halogens is 1. The van der Waals surface area contributed by atoms with Crippen LogP contribution in [0, 0.1) is 10.1 Å². The summed E-state index contributed by atoms with van der Waals surface area (Å²) in [5, 5.41) is 12.0. The number of fused-ring (bicyclic) bond motifs is 2. The molecule has 0 aliphatic carbocycles. The van der Waals surface area contributed by atoms with Gasteiger partial charge in [-0.05, 0) is 29.7 Å². The Morgan fingerprint density at radius 2 is 1.89 bits per heavy atom. The summed E-state index contributed by atoms with van der Waals surface area (Å²) in [6.45, 7) is 0.632. The molecule has 0 fully saturated rings. The number of nitro benzene ring substituents is 1. The summed E-state index contributed by atoms with van der Waals surface area (Å²) in [7, 11) is 3.10. The van der Waals surface area contributed by atoms with Crippen LogP contribution in [0.5, 0.6) is 11.5 Å². The molecule has 0 spiro atoms. The molecule has 3 aromatic rings. The Bertz CT molecular complexity index is 1070. The molecule has 0 bridgehead atoms. The van der Waals surface area contributed by atoms with Crippen LogP contribution in [0.25, 0.3) is 10.9 Å². The standard InChI is InChI=1S/C18H15ClN4O4/c1-26-15-8-12-13(9-16(15)27-2)20-18(19)21-17(12)22-6-5-10-3-4-11(23(24)25)7-14(10)22/h3-4,7-9H,5-6H2,1-2H3. The van der Waals surface area contributed by atoms with Crippen molar-refractivity contribution >= 4 is 39.7 Å². The Hall–Kier alpha value is -3.13. The Kier molecular flexibility index (Phi) is 4.19. The van der Waals surface area contributed by atoms with Gasteiger partial charge in [-0.15, -0.1) is 0 Å². The van der Waals surface area contributed by atoms with Gasteiger partial charge >= 0.3 is 0 Å². The largest absolute Gasteiger partial charge is 0.493 e. The molecule has 8 nitrogen and oxygen atoms in total. The zero-order chi connectivity index (χ0) is 19.1. The fourth-order valence-electron chi connectivity index (χ4n) is 3.32. The third kappa shape index (κ3) is 2.87. The van der Waals surface area contributed by atoms with Gasteiger partial charge in [0, 0.05) is 30.1 Å². The van der Waals surface area contributed by atoms with Crippen LogP contribution < -0.4 is 14.4 Å². The second-order valence-corrected chi connectivity index (χ2v) is 6.35. The van der Waals surface area contributed by atoms with Gasteiger partial charge in [0.1, 0.15) is 5.82 Å². The van der Waals surface area contributed by atoms with Crippen molar-refractivity contribution < 1.29 is 14.4 Å². The summed E-state index contributed by atoms with van der Waals surface area (Å²) in [4.78, 5) is 21.4. The van der Waals surface area contributed by atoms with Gasteiger partial charge in [-0.2, -0.15) is 4.98 Å². The number of non-ortho nitro benzene ring substituents is 1. The van der Waals surface area contributed by atoms with E-state index in [1.807, 2.05) is 4.90 Å². The van der Waals surface area contributed by atoms with Gasteiger partial charge in [-0.1, -0.05) is 6.07 Å². The number of anilines is 2. The van der Waals surface area contributed by atoms with E-state index in [0.717, 1.165) is 23.1 Å². The maximum Gasteiger partial charge on any atom is 0.271 e. The summed E-state index contributed by atoms with van der Waals surface area (Å²) in [6, 6.07) is 8.37. The molecule has 0 amide bonds. The van der Waals surface area contributed by atoms with Crippen molar-refractivity contribution in [1.29, 1.82) is 0 Å². The molecule has 2 heterocycles. The first kappa shape index (κ1) is 17.3. The maximum atomic E-state index is 11.2. The molecule has 4 rings (SSSR count). The first-order chi connectivity index (χ1) is 13.0. The summed E-state index contributed by atoms with van der Waals surface area (Å²) in [6.07, 6.45) is 0.754. The Morgan fingerprint density at radius 3 is 2.59 bits per heavy atom. The number of benzene rings is 2. The van der Waals surface area contributed by atoms with Crippen LogP contribution in [-0.2, 0) is 6.42 Å². The minimum absolute atomic E-state index is 0.0318. The lowest BCUT2D eigenvalue weighted by Gasteiger charge is -2.21. The van der Waals surface area contributed by atoms with Crippen molar-refractivity contribution in [1.82, 2.24) is 9.97 Å². The van der Waals surface area contributed by atoms with E-state index in [2.05, 4.69) is 9.97 Å². The van der Waals surface area contributed by atoms with E-state index in [0.29, 0.717) is 29.4 Å². The highest BCUT2D eigenvalue weighted by Gasteiger charge is 2.26. The van der Waals surface area contributed by atoms with Crippen LogP contribution in [-0.4, -0.2) is 35.7 Å². The summed E-state index contributed by atoms with van der Waals surface area (Å²) >= 11 is 6.15. The Balaban J connectivity index is 1.93. The van der Waals surface area contributed by atoms with Gasteiger partial charge < -0.3 is 14.4 Å². The zero-order valence-electron chi connectivity index (χ0n) is 14.6. The van der Waals surface area contributed by atoms with Gasteiger partial charge in [-0.3, -0.25) is 10.1 Å². The molecule has 0 N–H and O–H groups in total. The van der Waals surface area contributed by atoms with Crippen LogP contribution in [0.4, 0.5) is 17.2 Å². The maximum absolute atomic E-state index is 11.2. The number of methoxy groups -OCH3 is 2. The summed E-state index contributed by atoms with van der Waals surface area (Å²) in [5.74, 6) is 1.64. The van der Waals surface area contributed by atoms with E-state index in [1.54, 1.807) is 38.5 Å². The van der Waals surface area contributed by atoms with E-state index in [1.165, 1.54) is 6.07 Å². The van der Waals surface area contributed by atoms with Crippen molar-refractivity contribution in [2.24, 2.45) is 0 Å². The minimum Gasteiger partial charge on any atom is -0.493 e. The molecule has 1 aromatic heterocycles. The van der Waals surface area contributed by atoms with E-state index < -0.39 is 4.92 Å². The molecule has 2 aromatic carbocycles. The van der Waals surface area contributed by atoms with Crippen LogP contribution in [0.15, 0.2) is 30.3 Å². The lowest BCUT2D eigenvalue weighted by atomic mass is 10.1. The van der Waals surface area contributed by atoms with Gasteiger partial charge in [0.2, 0.25) is 5.28 Å². The number of hydrogen-bond donors (Lipinski definition) is 0. The predicted octanol–water partition coefficient (Wildman–Crippen LogP) is 3.90. The highest BCUT2D eigenvalue weighted by molar-refractivity contribution is 6.29. The number of ether oxygens (including phenoxy) is 2. The summed E-state index contributed by atoms with van der Waals surface area (Å²) < 4.78 is 10.7. The van der Waals surface area contributed by atoms with Gasteiger partial charge in [0.25, 0.3) is 5.69 Å². The third-order valence-electron chi connectivity index (χ3n) is 4.58. The number of nitro groups is 1. The number of nitrogens with zero attached hydrogens (tertiary/aromatic N) is 4. The highest BCUT2D eigenvalue weighted by Crippen LogP contribution is 2.41. The Morgan fingerprint density at radius 1 is 1.15 bits per heavy atom. The molecule has 0 unspecified atom stereocenters. The lowest BCUT2D eigenvalue weighted by Crippen LogP contribution is -2.16. The molecule has 1 aliphatic rings. The fraction of sp³-hybridized carbons (Fsp3) is 0.222. The highest BCUT2D eigenvalue weighted by atomic mass is 35.5. The quantitative estimate of drug-likeness (QED) is 0.381. The van der Waals surface area contributed by atoms with Crippen LogP contribution in [0.1, 0.15) is 5.56 Å². The van der Waals surface area contributed by atoms with E-state index in [9.17, 15) is 10.1 Å². The number of rotatable bonds is 4. The second kappa shape index (κ2) is 6.55. The van der Waals surface area contributed by atoms with Crippen LogP contribution >= 0.6 is 11.6 Å². The van der Waals surface area contributed by atoms with E-state index in [-0.39, 0.29) is 11.0 Å². The van der Waals surface area contributed by atoms with Crippen LogP contribution in [0.3, 0.4) is 0 Å². The third-order valence-corrected chi connectivity index (χ3v) is 4.75. The monoisotopic (exact) mass is 386 g/mol. The molecular formula is C18H15ClN4O4. The molecule has 27 heavy (non-hydrogen) atoms. The van der Waals surface area contributed by atoms with Crippen LogP contribution in [0.2, 0.25) is 5.28 Å². The first-order valence-electron chi connectivity index (χ1n) is 8.16. The van der Waals surface area contributed by atoms with Gasteiger partial charge in [0.05, 0.1) is 30.3 Å². The topological polar surface area (TPSA) is 90.6 Å². The normalized spacial score (nSPS) is 12.9. The SMILES string of the molecule is COc1cc2nc(Cl)nc(N3CCc4ccc([N+](=O)[O-])cc43)c2cc1OC. The van der Waals surface area contributed by atoms with E-state index >= 15 is 0 Å². The second-order valence-electron chi connectivity index (χ2n) is 6.01. The molecule has 0 radical (unpaired) electrons. The van der Waals surface area contributed by atoms with Crippen molar-refractivity contribution in [3.63, 3.8) is 0 Å². The van der Waals surface area contributed by atoms with Crippen molar-refractivity contribution in [2.75, 3.05) is 25.7 Å². The number of aromatic nitrogens is 2. The lowest BCUT2D eigenvalue weighted by molar-refractivity contribution is -0.384. The zero-order valence-corrected chi connectivity index (χ0v) is 15.4.